The fourth-order valence-electron chi connectivity index (χ4n) is 3.91. The lowest BCUT2D eigenvalue weighted by Crippen LogP contribution is -2.39. The molecule has 8 nitrogen and oxygen atoms in total. The van der Waals surface area contributed by atoms with Crippen LogP contribution < -0.4 is 15.4 Å². The summed E-state index contributed by atoms with van der Waals surface area (Å²) in [6.45, 7) is 9.39. The van der Waals surface area contributed by atoms with Crippen LogP contribution in [0.5, 0.6) is 5.75 Å². The third kappa shape index (κ3) is 4.95. The van der Waals surface area contributed by atoms with Gasteiger partial charge < -0.3 is 25.0 Å². The van der Waals surface area contributed by atoms with Crippen LogP contribution in [0.15, 0.2) is 24.3 Å². The Hall–Kier alpha value is -3.29. The summed E-state index contributed by atoms with van der Waals surface area (Å²) in [7, 11) is 1.84. The molecule has 2 aliphatic heterocycles. The highest BCUT2D eigenvalue weighted by Gasteiger charge is 2.26. The van der Waals surface area contributed by atoms with Gasteiger partial charge in [0.2, 0.25) is 5.95 Å². The smallest absolute Gasteiger partial charge is 0.410 e. The maximum Gasteiger partial charge on any atom is 0.410 e. The maximum atomic E-state index is 12.4. The highest BCUT2D eigenvalue weighted by Crippen LogP contribution is 2.39. The van der Waals surface area contributed by atoms with Crippen LogP contribution in [0, 0.1) is 6.92 Å². The Labute approximate surface area is 189 Å². The molecule has 32 heavy (non-hydrogen) atoms. The SMILES string of the molecule is CNc1cc(C)nc(Nc2cc3c(c(C4=CCN(C(=O)OC(C)(C)C)CC4)c2)OCC3)n1. The van der Waals surface area contributed by atoms with Crippen LogP contribution in [-0.2, 0) is 11.2 Å². The number of aryl methyl sites for hydroxylation is 1. The Balaban J connectivity index is 1.58. The van der Waals surface area contributed by atoms with Crippen LogP contribution in [-0.4, -0.2) is 53.3 Å². The van der Waals surface area contributed by atoms with Gasteiger partial charge >= 0.3 is 6.09 Å². The Morgan fingerprint density at radius 2 is 2.00 bits per heavy atom. The number of ether oxygens (including phenoxy) is 2. The van der Waals surface area contributed by atoms with Crippen LogP contribution in [0.25, 0.3) is 5.57 Å². The average Bonchev–Trinajstić information content (AvgIpc) is 3.20. The van der Waals surface area contributed by atoms with E-state index >= 15 is 0 Å². The van der Waals surface area contributed by atoms with E-state index in [4.69, 9.17) is 9.47 Å². The second-order valence-corrected chi connectivity index (χ2v) is 9.11. The quantitative estimate of drug-likeness (QED) is 0.726. The molecule has 0 radical (unpaired) electrons. The lowest BCUT2D eigenvalue weighted by Gasteiger charge is -2.30. The zero-order valence-electron chi connectivity index (χ0n) is 19.4. The van der Waals surface area contributed by atoms with Crippen molar-refractivity contribution in [1.29, 1.82) is 0 Å². The molecule has 2 aromatic rings. The molecule has 8 heteroatoms. The summed E-state index contributed by atoms with van der Waals surface area (Å²) in [4.78, 5) is 23.1. The lowest BCUT2D eigenvalue weighted by molar-refractivity contribution is 0.0270. The van der Waals surface area contributed by atoms with Gasteiger partial charge in [-0.25, -0.2) is 9.78 Å². The fourth-order valence-corrected chi connectivity index (χ4v) is 3.91. The zero-order valence-corrected chi connectivity index (χ0v) is 19.4. The number of hydrogen-bond donors (Lipinski definition) is 2. The van der Waals surface area contributed by atoms with Gasteiger partial charge in [-0.15, -0.1) is 0 Å². The summed E-state index contributed by atoms with van der Waals surface area (Å²) in [5.74, 6) is 2.25. The van der Waals surface area contributed by atoms with Crippen LogP contribution in [0.4, 0.5) is 22.2 Å². The molecule has 2 aliphatic rings. The average molecular weight is 438 g/mol. The van der Waals surface area contributed by atoms with Crippen molar-refractivity contribution in [2.75, 3.05) is 37.4 Å². The molecule has 0 unspecified atom stereocenters. The molecule has 0 fully saturated rings. The first-order valence-corrected chi connectivity index (χ1v) is 11.0. The minimum atomic E-state index is -0.499. The van der Waals surface area contributed by atoms with Crippen molar-refractivity contribution in [3.05, 3.63) is 41.1 Å². The molecule has 0 aliphatic carbocycles. The predicted molar refractivity (Wildman–Crippen MR) is 126 cm³/mol. The number of nitrogens with zero attached hydrogens (tertiary/aromatic N) is 3. The number of anilines is 3. The molecule has 1 aromatic heterocycles. The van der Waals surface area contributed by atoms with E-state index in [1.54, 1.807) is 4.90 Å². The highest BCUT2D eigenvalue weighted by molar-refractivity contribution is 5.79. The first kappa shape index (κ1) is 21.9. The molecule has 3 heterocycles. The summed E-state index contributed by atoms with van der Waals surface area (Å²) in [6, 6.07) is 6.09. The first-order valence-electron chi connectivity index (χ1n) is 11.0. The molecule has 1 amide bonds. The molecule has 0 saturated carbocycles. The number of aromatic nitrogens is 2. The van der Waals surface area contributed by atoms with Crippen molar-refractivity contribution in [2.24, 2.45) is 0 Å². The Morgan fingerprint density at radius 1 is 1.19 bits per heavy atom. The summed E-state index contributed by atoms with van der Waals surface area (Å²) in [6.07, 6.45) is 3.42. The van der Waals surface area contributed by atoms with Gasteiger partial charge in [0.25, 0.3) is 0 Å². The van der Waals surface area contributed by atoms with Crippen molar-refractivity contribution in [1.82, 2.24) is 14.9 Å². The summed E-state index contributed by atoms with van der Waals surface area (Å²) >= 11 is 0. The van der Waals surface area contributed by atoms with Gasteiger partial charge in [-0.1, -0.05) is 6.08 Å². The van der Waals surface area contributed by atoms with Crippen LogP contribution in [0.2, 0.25) is 0 Å². The van der Waals surface area contributed by atoms with Gasteiger partial charge in [0.1, 0.15) is 17.2 Å². The topological polar surface area (TPSA) is 88.6 Å². The summed E-state index contributed by atoms with van der Waals surface area (Å²) in [5.41, 5.74) is 4.71. The molecular weight excluding hydrogens is 406 g/mol. The number of benzene rings is 1. The predicted octanol–water partition coefficient (Wildman–Crippen LogP) is 4.53. The first-order chi connectivity index (χ1) is 15.2. The van der Waals surface area contributed by atoms with Crippen molar-refractivity contribution >= 4 is 29.1 Å². The number of carbonyl (C=O) groups excluding carboxylic acids is 1. The number of nitrogens with one attached hydrogen (secondary N) is 2. The standard InChI is InChI=1S/C24H31N5O3/c1-15-12-20(25-5)28-22(26-15)27-18-13-17-8-11-31-21(17)19(14-18)16-6-9-29(10-7-16)23(30)32-24(2,3)4/h6,12-14H,7-11H2,1-5H3,(H2,25,26,27,28). The van der Waals surface area contributed by atoms with Crippen LogP contribution in [0.1, 0.15) is 44.0 Å². The minimum Gasteiger partial charge on any atom is -0.492 e. The minimum absolute atomic E-state index is 0.276. The van der Waals surface area contributed by atoms with Crippen molar-refractivity contribution in [2.45, 2.75) is 46.1 Å². The normalized spacial score (nSPS) is 15.5. The Morgan fingerprint density at radius 3 is 2.69 bits per heavy atom. The van der Waals surface area contributed by atoms with Crippen LogP contribution >= 0.6 is 0 Å². The maximum absolute atomic E-state index is 12.4. The van der Waals surface area contributed by atoms with Gasteiger partial charge in [-0.05, 0) is 51.8 Å². The van der Waals surface area contributed by atoms with E-state index < -0.39 is 5.60 Å². The Bertz CT molecular complexity index is 1060. The summed E-state index contributed by atoms with van der Waals surface area (Å²) in [5, 5.41) is 6.42. The van der Waals surface area contributed by atoms with Gasteiger partial charge in [0.05, 0.1) is 6.61 Å². The third-order valence-corrected chi connectivity index (χ3v) is 5.36. The van der Waals surface area contributed by atoms with Gasteiger partial charge in [0.15, 0.2) is 0 Å². The highest BCUT2D eigenvalue weighted by atomic mass is 16.6. The molecule has 170 valence electrons. The molecule has 2 N–H and O–H groups in total. The van der Waals surface area contributed by atoms with Gasteiger partial charge in [-0.3, -0.25) is 0 Å². The van der Waals surface area contributed by atoms with E-state index in [1.807, 2.05) is 40.8 Å². The van der Waals surface area contributed by atoms with E-state index in [-0.39, 0.29) is 6.09 Å². The van der Waals surface area contributed by atoms with Gasteiger partial charge in [-0.2, -0.15) is 4.98 Å². The number of hydrogen-bond acceptors (Lipinski definition) is 7. The molecule has 1 aromatic carbocycles. The third-order valence-electron chi connectivity index (χ3n) is 5.36. The number of carbonyl (C=O) groups is 1. The Kier molecular flexibility index (Phi) is 5.95. The van der Waals surface area contributed by atoms with E-state index in [2.05, 4.69) is 38.8 Å². The zero-order chi connectivity index (χ0) is 22.9. The largest absolute Gasteiger partial charge is 0.492 e. The van der Waals surface area contributed by atoms with Crippen molar-refractivity contribution in [3.8, 4) is 5.75 Å². The molecule has 0 bridgehead atoms. The second kappa shape index (κ2) is 8.68. The number of fused-ring (bicyclic) bond motifs is 1. The van der Waals surface area contributed by atoms with Crippen molar-refractivity contribution < 1.29 is 14.3 Å². The van der Waals surface area contributed by atoms with E-state index in [9.17, 15) is 4.79 Å². The molecular formula is C24H31N5O3. The molecule has 0 spiro atoms. The monoisotopic (exact) mass is 437 g/mol. The molecule has 0 saturated heterocycles. The van der Waals surface area contributed by atoms with Gasteiger partial charge in [0, 0.05) is 55.1 Å². The molecule has 0 atom stereocenters. The molecule has 4 rings (SSSR count). The van der Waals surface area contributed by atoms with E-state index in [0.717, 1.165) is 41.4 Å². The lowest BCUT2D eigenvalue weighted by atomic mass is 9.95. The van der Waals surface area contributed by atoms with Crippen molar-refractivity contribution in [3.63, 3.8) is 0 Å². The van der Waals surface area contributed by atoms with E-state index in [1.165, 1.54) is 11.1 Å². The second-order valence-electron chi connectivity index (χ2n) is 9.11. The van der Waals surface area contributed by atoms with E-state index in [0.29, 0.717) is 25.6 Å². The summed E-state index contributed by atoms with van der Waals surface area (Å²) < 4.78 is 11.5. The van der Waals surface area contributed by atoms with Crippen LogP contribution in [0.3, 0.4) is 0 Å². The number of amides is 1. The fraction of sp³-hybridized carbons (Fsp3) is 0.458. The number of rotatable bonds is 4.